The van der Waals surface area contributed by atoms with Crippen molar-refractivity contribution >= 4 is 22.5 Å². The molecule has 1 amide bonds. The molecule has 4 rings (SSSR count). The summed E-state index contributed by atoms with van der Waals surface area (Å²) in [4.78, 5) is 16.5. The molecular formula is C17H13F2N3O3. The Kier molecular flexibility index (Phi) is 3.79. The summed E-state index contributed by atoms with van der Waals surface area (Å²) in [6.07, 6.45) is 3.58. The first-order valence-corrected chi connectivity index (χ1v) is 7.72. The Balaban J connectivity index is 1.63. The second-order valence-corrected chi connectivity index (χ2v) is 5.73. The Morgan fingerprint density at radius 1 is 1.32 bits per heavy atom. The van der Waals surface area contributed by atoms with Crippen molar-refractivity contribution in [2.75, 3.05) is 5.32 Å². The number of carbonyl (C=O) groups excluding carboxylic acids is 1. The van der Waals surface area contributed by atoms with Crippen LogP contribution in [-0.2, 0) is 0 Å². The molecule has 8 heteroatoms. The highest BCUT2D eigenvalue weighted by Gasteiger charge is 2.29. The lowest BCUT2D eigenvalue weighted by Crippen LogP contribution is -2.13. The highest BCUT2D eigenvalue weighted by Crippen LogP contribution is 2.40. The third-order valence-corrected chi connectivity index (χ3v) is 3.93. The third kappa shape index (κ3) is 3.15. The molecule has 6 nitrogen and oxygen atoms in total. The molecule has 0 spiro atoms. The summed E-state index contributed by atoms with van der Waals surface area (Å²) < 4.78 is 34.7. The monoisotopic (exact) mass is 345 g/mol. The van der Waals surface area contributed by atoms with Gasteiger partial charge in [-0.3, -0.25) is 9.78 Å². The molecule has 2 heterocycles. The van der Waals surface area contributed by atoms with Crippen molar-refractivity contribution in [2.45, 2.75) is 25.4 Å². The SMILES string of the molecule is O=C(Nc1ccc(OC(F)F)c2cccnc12)c1cc(C2CC2)on1. The lowest BCUT2D eigenvalue weighted by molar-refractivity contribution is -0.0488. The summed E-state index contributed by atoms with van der Waals surface area (Å²) in [6, 6.07) is 7.65. The Bertz CT molecular complexity index is 938. The number of hydrogen-bond donors (Lipinski definition) is 1. The molecule has 0 aliphatic heterocycles. The van der Waals surface area contributed by atoms with Crippen molar-refractivity contribution in [3.05, 3.63) is 48.0 Å². The van der Waals surface area contributed by atoms with E-state index >= 15 is 0 Å². The minimum atomic E-state index is -2.94. The number of ether oxygens (including phenoxy) is 1. The lowest BCUT2D eigenvalue weighted by atomic mass is 10.1. The molecule has 0 saturated heterocycles. The van der Waals surface area contributed by atoms with Gasteiger partial charge in [-0.25, -0.2) is 0 Å². The molecule has 2 aromatic heterocycles. The first-order valence-electron chi connectivity index (χ1n) is 7.72. The third-order valence-electron chi connectivity index (χ3n) is 3.93. The predicted octanol–water partition coefficient (Wildman–Crippen LogP) is 3.95. The van der Waals surface area contributed by atoms with Crippen LogP contribution in [0.25, 0.3) is 10.9 Å². The number of halogens is 2. The number of aromatic nitrogens is 2. The van der Waals surface area contributed by atoms with E-state index < -0.39 is 12.5 Å². The quantitative estimate of drug-likeness (QED) is 0.757. The Morgan fingerprint density at radius 2 is 2.16 bits per heavy atom. The van der Waals surface area contributed by atoms with E-state index in [0.717, 1.165) is 12.8 Å². The van der Waals surface area contributed by atoms with Gasteiger partial charge in [0.2, 0.25) is 0 Å². The highest BCUT2D eigenvalue weighted by atomic mass is 19.3. The molecule has 25 heavy (non-hydrogen) atoms. The minimum Gasteiger partial charge on any atom is -0.434 e. The van der Waals surface area contributed by atoms with Gasteiger partial charge in [-0.15, -0.1) is 0 Å². The Labute approximate surface area is 140 Å². The van der Waals surface area contributed by atoms with Crippen molar-refractivity contribution in [2.24, 2.45) is 0 Å². The fourth-order valence-corrected chi connectivity index (χ4v) is 2.59. The van der Waals surface area contributed by atoms with Crippen LogP contribution in [0.4, 0.5) is 14.5 Å². The molecule has 1 aliphatic carbocycles. The van der Waals surface area contributed by atoms with E-state index in [9.17, 15) is 13.6 Å². The van der Waals surface area contributed by atoms with Crippen LogP contribution in [0, 0.1) is 0 Å². The van der Waals surface area contributed by atoms with Gasteiger partial charge in [0.15, 0.2) is 5.69 Å². The van der Waals surface area contributed by atoms with Gasteiger partial charge in [-0.1, -0.05) is 5.16 Å². The summed E-state index contributed by atoms with van der Waals surface area (Å²) in [7, 11) is 0. The van der Waals surface area contributed by atoms with Gasteiger partial charge < -0.3 is 14.6 Å². The van der Waals surface area contributed by atoms with Crippen LogP contribution >= 0.6 is 0 Å². The largest absolute Gasteiger partial charge is 0.434 e. The summed E-state index contributed by atoms with van der Waals surface area (Å²) >= 11 is 0. The maximum absolute atomic E-state index is 12.5. The number of rotatable bonds is 5. The Morgan fingerprint density at radius 3 is 2.92 bits per heavy atom. The second-order valence-electron chi connectivity index (χ2n) is 5.73. The second kappa shape index (κ2) is 6.12. The zero-order chi connectivity index (χ0) is 17.4. The molecule has 128 valence electrons. The topological polar surface area (TPSA) is 77.2 Å². The molecule has 0 bridgehead atoms. The van der Waals surface area contributed by atoms with Gasteiger partial charge in [-0.2, -0.15) is 8.78 Å². The van der Waals surface area contributed by atoms with Crippen molar-refractivity contribution in [3.8, 4) is 5.75 Å². The number of amides is 1. The van der Waals surface area contributed by atoms with Crippen molar-refractivity contribution in [1.82, 2.24) is 10.1 Å². The highest BCUT2D eigenvalue weighted by molar-refractivity contribution is 6.08. The summed E-state index contributed by atoms with van der Waals surface area (Å²) in [5, 5.41) is 6.84. The fourth-order valence-electron chi connectivity index (χ4n) is 2.59. The molecule has 1 fully saturated rings. The number of pyridine rings is 1. The zero-order valence-electron chi connectivity index (χ0n) is 12.9. The molecule has 1 aliphatic rings. The number of anilines is 1. The average molecular weight is 345 g/mol. The van der Waals surface area contributed by atoms with E-state index in [4.69, 9.17) is 4.52 Å². The average Bonchev–Trinajstić information content (AvgIpc) is 3.33. The van der Waals surface area contributed by atoms with Crippen molar-refractivity contribution < 1.29 is 22.8 Å². The summed E-state index contributed by atoms with van der Waals surface area (Å²) in [6.45, 7) is -2.94. The first kappa shape index (κ1) is 15.5. The van der Waals surface area contributed by atoms with E-state index in [2.05, 4.69) is 20.2 Å². The van der Waals surface area contributed by atoms with Gasteiger partial charge in [0.25, 0.3) is 5.91 Å². The minimum absolute atomic E-state index is 0.00597. The number of carbonyl (C=O) groups is 1. The van der Waals surface area contributed by atoms with Gasteiger partial charge in [0.1, 0.15) is 11.5 Å². The maximum atomic E-state index is 12.5. The number of benzene rings is 1. The molecule has 0 radical (unpaired) electrons. The molecule has 1 aromatic carbocycles. The number of nitrogens with zero attached hydrogens (tertiary/aromatic N) is 2. The van der Waals surface area contributed by atoms with Crippen LogP contribution < -0.4 is 10.1 Å². The lowest BCUT2D eigenvalue weighted by Gasteiger charge is -2.11. The van der Waals surface area contributed by atoms with E-state index in [1.807, 2.05) is 0 Å². The molecule has 0 atom stereocenters. The van der Waals surface area contributed by atoms with Crippen LogP contribution in [0.2, 0.25) is 0 Å². The van der Waals surface area contributed by atoms with Crippen LogP contribution in [0.3, 0.4) is 0 Å². The van der Waals surface area contributed by atoms with E-state index in [0.29, 0.717) is 28.3 Å². The molecule has 1 saturated carbocycles. The van der Waals surface area contributed by atoms with Crippen molar-refractivity contribution in [1.29, 1.82) is 0 Å². The van der Waals surface area contributed by atoms with Gasteiger partial charge in [0, 0.05) is 23.6 Å². The number of fused-ring (bicyclic) bond motifs is 1. The molecule has 3 aromatic rings. The summed E-state index contributed by atoms with van der Waals surface area (Å²) in [5.74, 6) is 0.592. The number of alkyl halides is 2. The standard InChI is InChI=1S/C17H13F2N3O3/c18-17(19)24-13-6-5-11(15-10(13)2-1-7-20-15)21-16(23)12-8-14(25-22-12)9-3-4-9/h1-2,5-9,17H,3-4H2,(H,21,23). The maximum Gasteiger partial charge on any atom is 0.387 e. The smallest absolute Gasteiger partial charge is 0.387 e. The molecule has 1 N–H and O–H groups in total. The van der Waals surface area contributed by atoms with E-state index in [1.54, 1.807) is 18.2 Å². The molecule has 0 unspecified atom stereocenters. The van der Waals surface area contributed by atoms with Gasteiger partial charge in [0.05, 0.1) is 11.2 Å². The van der Waals surface area contributed by atoms with E-state index in [-0.39, 0.29) is 11.4 Å². The van der Waals surface area contributed by atoms with Gasteiger partial charge in [-0.05, 0) is 37.1 Å². The number of nitrogens with one attached hydrogen (secondary N) is 1. The van der Waals surface area contributed by atoms with Crippen LogP contribution in [-0.4, -0.2) is 22.7 Å². The Hall–Kier alpha value is -3.03. The predicted molar refractivity (Wildman–Crippen MR) is 84.8 cm³/mol. The van der Waals surface area contributed by atoms with Crippen LogP contribution in [0.15, 0.2) is 41.1 Å². The normalized spacial score (nSPS) is 14.0. The van der Waals surface area contributed by atoms with Gasteiger partial charge >= 0.3 is 6.61 Å². The summed E-state index contributed by atoms with van der Waals surface area (Å²) in [5.41, 5.74) is 0.886. The fraction of sp³-hybridized carbons (Fsp3) is 0.235. The molecular weight excluding hydrogens is 332 g/mol. The van der Waals surface area contributed by atoms with Crippen molar-refractivity contribution in [3.63, 3.8) is 0 Å². The first-order chi connectivity index (χ1) is 12.1. The van der Waals surface area contributed by atoms with E-state index in [1.165, 1.54) is 18.3 Å². The zero-order valence-corrected chi connectivity index (χ0v) is 12.9. The van der Waals surface area contributed by atoms with Crippen LogP contribution in [0.1, 0.15) is 35.0 Å². The number of hydrogen-bond acceptors (Lipinski definition) is 5. The van der Waals surface area contributed by atoms with Crippen LogP contribution in [0.5, 0.6) is 5.75 Å².